The van der Waals surface area contributed by atoms with Crippen molar-refractivity contribution in [3.63, 3.8) is 0 Å². The van der Waals surface area contributed by atoms with Crippen LogP contribution >= 0.6 is 0 Å². The van der Waals surface area contributed by atoms with Crippen molar-refractivity contribution in [2.75, 3.05) is 5.32 Å². The largest absolute Gasteiger partial charge is 0.355 e. The molecule has 2 nitrogen and oxygen atoms in total. The van der Waals surface area contributed by atoms with E-state index in [1.807, 2.05) is 18.2 Å². The highest BCUT2D eigenvalue weighted by Gasteiger charge is 2.01. The standard InChI is InChI=1S/C15H9FN2/c1-2-11-4-3-5-14(7-11)18-15-8-12(10-17)6-13(16)9-15/h1,3-9,18H. The molecule has 86 valence electrons. The number of nitriles is 1. The first kappa shape index (κ1) is 11.7. The quantitative estimate of drug-likeness (QED) is 0.811. The summed E-state index contributed by atoms with van der Waals surface area (Å²) in [7, 11) is 0. The smallest absolute Gasteiger partial charge is 0.126 e. The molecule has 0 heterocycles. The minimum Gasteiger partial charge on any atom is -0.355 e. The fourth-order valence-corrected chi connectivity index (χ4v) is 1.58. The number of rotatable bonds is 2. The zero-order valence-corrected chi connectivity index (χ0v) is 9.44. The number of halogens is 1. The van der Waals surface area contributed by atoms with Gasteiger partial charge in [0.1, 0.15) is 5.82 Å². The van der Waals surface area contributed by atoms with E-state index in [1.54, 1.807) is 18.2 Å². The number of hydrogen-bond donors (Lipinski definition) is 1. The van der Waals surface area contributed by atoms with Crippen LogP contribution in [0, 0.1) is 29.5 Å². The first-order chi connectivity index (χ1) is 8.71. The number of nitrogens with one attached hydrogen (secondary N) is 1. The molecule has 1 N–H and O–H groups in total. The first-order valence-corrected chi connectivity index (χ1v) is 5.25. The molecule has 3 heteroatoms. The van der Waals surface area contributed by atoms with E-state index < -0.39 is 5.82 Å². The molecule has 0 aromatic heterocycles. The third kappa shape index (κ3) is 2.66. The Morgan fingerprint density at radius 2 is 1.83 bits per heavy atom. The second-order valence-electron chi connectivity index (χ2n) is 3.69. The van der Waals surface area contributed by atoms with E-state index in [1.165, 1.54) is 12.1 Å². The van der Waals surface area contributed by atoms with Crippen molar-refractivity contribution in [2.24, 2.45) is 0 Å². The molecule has 2 aromatic carbocycles. The van der Waals surface area contributed by atoms with Gasteiger partial charge in [0.2, 0.25) is 0 Å². The van der Waals surface area contributed by atoms with E-state index in [9.17, 15) is 4.39 Å². The lowest BCUT2D eigenvalue weighted by Crippen LogP contribution is -1.92. The Hall–Kier alpha value is -2.78. The summed E-state index contributed by atoms with van der Waals surface area (Å²) in [5, 5.41) is 11.8. The topological polar surface area (TPSA) is 35.8 Å². The molecule has 0 fully saturated rings. The summed E-state index contributed by atoms with van der Waals surface area (Å²) >= 11 is 0. The molecule has 18 heavy (non-hydrogen) atoms. The van der Waals surface area contributed by atoms with Gasteiger partial charge in [-0.05, 0) is 36.4 Å². The Labute approximate surface area is 105 Å². The van der Waals surface area contributed by atoms with E-state index in [4.69, 9.17) is 11.7 Å². The van der Waals surface area contributed by atoms with Crippen LogP contribution in [0.15, 0.2) is 42.5 Å². The molecule has 0 saturated carbocycles. The Balaban J connectivity index is 2.31. The number of terminal acetylenes is 1. The molecule has 0 aliphatic carbocycles. The third-order valence-electron chi connectivity index (χ3n) is 2.34. The van der Waals surface area contributed by atoms with Crippen LogP contribution < -0.4 is 5.32 Å². The molecule has 0 unspecified atom stereocenters. The van der Waals surface area contributed by atoms with Crippen LogP contribution in [-0.2, 0) is 0 Å². The average Bonchev–Trinajstić information content (AvgIpc) is 2.38. The lowest BCUT2D eigenvalue weighted by Gasteiger charge is -2.07. The second-order valence-corrected chi connectivity index (χ2v) is 3.69. The minimum absolute atomic E-state index is 0.269. The Bertz CT molecular complexity index is 663. The SMILES string of the molecule is C#Cc1cccc(Nc2cc(F)cc(C#N)c2)c1. The van der Waals surface area contributed by atoms with Gasteiger partial charge in [0.25, 0.3) is 0 Å². The molecular weight excluding hydrogens is 227 g/mol. The van der Waals surface area contributed by atoms with Crippen LogP contribution in [0.5, 0.6) is 0 Å². The summed E-state index contributed by atoms with van der Waals surface area (Å²) in [5.74, 6) is 2.07. The van der Waals surface area contributed by atoms with Crippen molar-refractivity contribution in [2.45, 2.75) is 0 Å². The molecule has 0 atom stereocenters. The molecule has 0 aliphatic heterocycles. The molecule has 2 rings (SSSR count). The zero-order chi connectivity index (χ0) is 13.0. The lowest BCUT2D eigenvalue weighted by molar-refractivity contribution is 0.628. The summed E-state index contributed by atoms with van der Waals surface area (Å²) in [6.45, 7) is 0. The van der Waals surface area contributed by atoms with Crippen molar-refractivity contribution in [3.05, 3.63) is 59.4 Å². The van der Waals surface area contributed by atoms with Gasteiger partial charge in [-0.15, -0.1) is 6.42 Å². The van der Waals surface area contributed by atoms with Gasteiger partial charge in [0, 0.05) is 16.9 Å². The monoisotopic (exact) mass is 236 g/mol. The predicted octanol–water partition coefficient (Wildman–Crippen LogP) is 3.42. The van der Waals surface area contributed by atoms with Gasteiger partial charge in [-0.2, -0.15) is 5.26 Å². The summed E-state index contributed by atoms with van der Waals surface area (Å²) in [6, 6.07) is 13.2. The van der Waals surface area contributed by atoms with Crippen molar-refractivity contribution >= 4 is 11.4 Å². The van der Waals surface area contributed by atoms with Crippen molar-refractivity contribution < 1.29 is 4.39 Å². The Morgan fingerprint density at radius 3 is 2.56 bits per heavy atom. The second kappa shape index (κ2) is 5.03. The van der Waals surface area contributed by atoms with Crippen molar-refractivity contribution in [3.8, 4) is 18.4 Å². The highest BCUT2D eigenvalue weighted by molar-refractivity contribution is 5.63. The van der Waals surface area contributed by atoms with Gasteiger partial charge >= 0.3 is 0 Å². The third-order valence-corrected chi connectivity index (χ3v) is 2.34. The van der Waals surface area contributed by atoms with Crippen LogP contribution in [0.2, 0.25) is 0 Å². The van der Waals surface area contributed by atoms with Crippen LogP contribution in [0.25, 0.3) is 0 Å². The van der Waals surface area contributed by atoms with E-state index >= 15 is 0 Å². The number of anilines is 2. The predicted molar refractivity (Wildman–Crippen MR) is 68.8 cm³/mol. The molecule has 0 radical (unpaired) electrons. The Morgan fingerprint density at radius 1 is 1.06 bits per heavy atom. The molecule has 2 aromatic rings. The fourth-order valence-electron chi connectivity index (χ4n) is 1.58. The maximum Gasteiger partial charge on any atom is 0.126 e. The Kier molecular flexibility index (Phi) is 3.27. The normalized spacial score (nSPS) is 9.28. The lowest BCUT2D eigenvalue weighted by atomic mass is 10.2. The fraction of sp³-hybridized carbons (Fsp3) is 0. The molecular formula is C15H9FN2. The number of nitrogens with zero attached hydrogens (tertiary/aromatic N) is 1. The molecule has 0 saturated heterocycles. The minimum atomic E-state index is -0.454. The highest BCUT2D eigenvalue weighted by Crippen LogP contribution is 2.20. The molecule has 0 aliphatic rings. The zero-order valence-electron chi connectivity index (χ0n) is 9.44. The molecule has 0 amide bonds. The summed E-state index contributed by atoms with van der Waals surface area (Å²) in [6.07, 6.45) is 5.30. The van der Waals surface area contributed by atoms with Gasteiger partial charge in [-0.25, -0.2) is 4.39 Å². The highest BCUT2D eigenvalue weighted by atomic mass is 19.1. The van der Waals surface area contributed by atoms with Gasteiger partial charge in [0.15, 0.2) is 0 Å². The number of benzene rings is 2. The van der Waals surface area contributed by atoms with Gasteiger partial charge in [-0.3, -0.25) is 0 Å². The summed E-state index contributed by atoms with van der Waals surface area (Å²) in [5.41, 5.74) is 2.27. The maximum atomic E-state index is 13.2. The first-order valence-electron chi connectivity index (χ1n) is 5.25. The van der Waals surface area contributed by atoms with Crippen LogP contribution in [0.1, 0.15) is 11.1 Å². The van der Waals surface area contributed by atoms with Crippen LogP contribution in [-0.4, -0.2) is 0 Å². The van der Waals surface area contributed by atoms with E-state index in [0.717, 1.165) is 11.3 Å². The molecule has 0 bridgehead atoms. The molecule has 0 spiro atoms. The average molecular weight is 236 g/mol. The van der Waals surface area contributed by atoms with Crippen LogP contribution in [0.4, 0.5) is 15.8 Å². The van der Waals surface area contributed by atoms with Gasteiger partial charge < -0.3 is 5.32 Å². The number of hydrogen-bond acceptors (Lipinski definition) is 2. The van der Waals surface area contributed by atoms with E-state index in [2.05, 4.69) is 11.2 Å². The maximum absolute atomic E-state index is 13.2. The van der Waals surface area contributed by atoms with Gasteiger partial charge in [0.05, 0.1) is 11.6 Å². The summed E-state index contributed by atoms with van der Waals surface area (Å²) in [4.78, 5) is 0. The van der Waals surface area contributed by atoms with E-state index in [0.29, 0.717) is 5.69 Å². The van der Waals surface area contributed by atoms with Crippen molar-refractivity contribution in [1.29, 1.82) is 5.26 Å². The summed E-state index contributed by atoms with van der Waals surface area (Å²) < 4.78 is 13.2. The van der Waals surface area contributed by atoms with Crippen LogP contribution in [0.3, 0.4) is 0 Å². The van der Waals surface area contributed by atoms with E-state index in [-0.39, 0.29) is 5.56 Å². The van der Waals surface area contributed by atoms with Crippen molar-refractivity contribution in [1.82, 2.24) is 0 Å². The van der Waals surface area contributed by atoms with Gasteiger partial charge in [-0.1, -0.05) is 12.0 Å².